The second-order valence-electron chi connectivity index (χ2n) is 5.53. The van der Waals surface area contributed by atoms with Crippen molar-refractivity contribution in [3.8, 4) is 11.4 Å². The van der Waals surface area contributed by atoms with Gasteiger partial charge in [0.2, 0.25) is 11.1 Å². The summed E-state index contributed by atoms with van der Waals surface area (Å²) in [6.45, 7) is 1.55. The summed E-state index contributed by atoms with van der Waals surface area (Å²) >= 11 is 0.961. The number of carbonyl (C=O) groups is 1. The highest BCUT2D eigenvalue weighted by atomic mass is 32.2. The summed E-state index contributed by atoms with van der Waals surface area (Å²) in [6.07, 6.45) is 0. The average molecular weight is 393 g/mol. The van der Waals surface area contributed by atoms with E-state index in [2.05, 4.69) is 15.5 Å². The lowest BCUT2D eigenvalue weighted by Crippen LogP contribution is -2.24. The fourth-order valence-electron chi connectivity index (χ4n) is 2.22. The van der Waals surface area contributed by atoms with Gasteiger partial charge in [-0.25, -0.2) is 17.8 Å². The maximum absolute atomic E-state index is 13.9. The molecule has 0 bridgehead atoms. The molecular formula is C17H14F3N5OS. The Hall–Kier alpha value is -3.01. The van der Waals surface area contributed by atoms with Crippen molar-refractivity contribution in [3.63, 3.8) is 0 Å². The highest BCUT2D eigenvalue weighted by molar-refractivity contribution is 8.00. The number of hydrogen-bond acceptors (Lipinski definition) is 5. The maximum atomic E-state index is 13.9. The molecule has 0 aliphatic rings. The molecule has 27 heavy (non-hydrogen) atoms. The molecule has 0 radical (unpaired) electrons. The number of amides is 1. The number of nitrogen functional groups attached to an aromatic ring is 1. The van der Waals surface area contributed by atoms with Crippen LogP contribution in [0.3, 0.4) is 0 Å². The number of aromatic nitrogens is 3. The summed E-state index contributed by atoms with van der Waals surface area (Å²) in [6, 6.07) is 8.77. The molecule has 1 amide bonds. The topological polar surface area (TPSA) is 85.8 Å². The second-order valence-corrected chi connectivity index (χ2v) is 6.84. The van der Waals surface area contributed by atoms with Crippen LogP contribution >= 0.6 is 11.8 Å². The van der Waals surface area contributed by atoms with Gasteiger partial charge in [-0.05, 0) is 31.2 Å². The van der Waals surface area contributed by atoms with E-state index in [9.17, 15) is 18.0 Å². The summed E-state index contributed by atoms with van der Waals surface area (Å²) in [5.41, 5.74) is 0.0277. The average Bonchev–Trinajstić information content (AvgIpc) is 2.98. The molecular weight excluding hydrogens is 379 g/mol. The number of thioether (sulfide) groups is 1. The largest absolute Gasteiger partial charge is 0.335 e. The number of rotatable bonds is 5. The van der Waals surface area contributed by atoms with Crippen molar-refractivity contribution in [1.82, 2.24) is 14.9 Å². The first-order chi connectivity index (χ1) is 12.9. The molecule has 1 unspecified atom stereocenters. The van der Waals surface area contributed by atoms with Crippen LogP contribution in [0.5, 0.6) is 0 Å². The van der Waals surface area contributed by atoms with E-state index in [4.69, 9.17) is 5.84 Å². The number of anilines is 1. The van der Waals surface area contributed by atoms with E-state index >= 15 is 0 Å². The monoisotopic (exact) mass is 393 g/mol. The number of nitrogens with one attached hydrogen (secondary N) is 1. The van der Waals surface area contributed by atoms with Crippen molar-refractivity contribution in [2.75, 3.05) is 11.2 Å². The molecule has 1 atom stereocenters. The minimum absolute atomic E-state index is 0.104. The van der Waals surface area contributed by atoms with Gasteiger partial charge in [0.25, 0.3) is 0 Å². The lowest BCUT2D eigenvalue weighted by Gasteiger charge is -2.12. The molecule has 0 aliphatic carbocycles. The van der Waals surface area contributed by atoms with Crippen molar-refractivity contribution in [2.45, 2.75) is 17.3 Å². The summed E-state index contributed by atoms with van der Waals surface area (Å²) in [5, 5.41) is 9.55. The first-order valence-electron chi connectivity index (χ1n) is 7.74. The predicted molar refractivity (Wildman–Crippen MR) is 95.9 cm³/mol. The van der Waals surface area contributed by atoms with Crippen molar-refractivity contribution < 1.29 is 18.0 Å². The van der Waals surface area contributed by atoms with Crippen molar-refractivity contribution in [3.05, 3.63) is 59.9 Å². The zero-order valence-corrected chi connectivity index (χ0v) is 14.8. The van der Waals surface area contributed by atoms with Crippen LogP contribution in [0.15, 0.2) is 47.6 Å². The van der Waals surface area contributed by atoms with E-state index < -0.39 is 28.6 Å². The van der Waals surface area contributed by atoms with E-state index in [1.165, 1.54) is 18.2 Å². The Morgan fingerprint density at radius 2 is 1.89 bits per heavy atom. The number of carbonyl (C=O) groups excluding carboxylic acids is 1. The molecule has 1 heterocycles. The molecule has 140 valence electrons. The molecule has 0 saturated heterocycles. The number of halogens is 3. The third-order valence-electron chi connectivity index (χ3n) is 3.62. The van der Waals surface area contributed by atoms with Crippen molar-refractivity contribution in [2.24, 2.45) is 0 Å². The van der Waals surface area contributed by atoms with Crippen LogP contribution in [0.4, 0.5) is 18.9 Å². The first-order valence-corrected chi connectivity index (χ1v) is 8.62. The number of nitrogens with zero attached hydrogens (tertiary/aromatic N) is 3. The minimum Gasteiger partial charge on any atom is -0.335 e. The van der Waals surface area contributed by atoms with Gasteiger partial charge in [-0.1, -0.05) is 23.9 Å². The second kappa shape index (κ2) is 7.70. The Morgan fingerprint density at radius 3 is 2.59 bits per heavy atom. The van der Waals surface area contributed by atoms with Gasteiger partial charge in [0, 0.05) is 6.07 Å². The van der Waals surface area contributed by atoms with E-state index in [1.54, 1.807) is 13.0 Å². The molecule has 0 aliphatic heterocycles. The van der Waals surface area contributed by atoms with Gasteiger partial charge < -0.3 is 11.2 Å². The maximum Gasteiger partial charge on any atom is 0.237 e. The predicted octanol–water partition coefficient (Wildman–Crippen LogP) is 3.20. The Balaban J connectivity index is 1.73. The van der Waals surface area contributed by atoms with Crippen molar-refractivity contribution >= 4 is 23.4 Å². The van der Waals surface area contributed by atoms with Crippen LogP contribution in [0, 0.1) is 17.5 Å². The zero-order chi connectivity index (χ0) is 19.6. The Labute approximate surface area is 156 Å². The van der Waals surface area contributed by atoms with Crippen LogP contribution in [-0.4, -0.2) is 26.0 Å². The third-order valence-corrected chi connectivity index (χ3v) is 4.68. The molecule has 0 saturated carbocycles. The molecule has 3 aromatic rings. The zero-order valence-electron chi connectivity index (χ0n) is 14.0. The molecule has 6 nitrogen and oxygen atoms in total. The van der Waals surface area contributed by atoms with Gasteiger partial charge in [-0.3, -0.25) is 4.79 Å². The summed E-state index contributed by atoms with van der Waals surface area (Å²) in [5.74, 6) is 3.34. The van der Waals surface area contributed by atoms with Gasteiger partial charge in [0.05, 0.1) is 16.5 Å². The highest BCUT2D eigenvalue weighted by Crippen LogP contribution is 2.27. The third kappa shape index (κ3) is 4.05. The fraction of sp³-hybridized carbons (Fsp3) is 0.118. The van der Waals surface area contributed by atoms with E-state index in [0.717, 1.165) is 28.6 Å². The normalized spacial score (nSPS) is 12.0. The van der Waals surface area contributed by atoms with Crippen LogP contribution in [0.1, 0.15) is 6.92 Å². The number of nitrogens with two attached hydrogens (primary N) is 1. The van der Waals surface area contributed by atoms with Gasteiger partial charge in [0.1, 0.15) is 17.5 Å². The Kier molecular flexibility index (Phi) is 5.36. The number of benzene rings is 2. The molecule has 2 aromatic carbocycles. The van der Waals surface area contributed by atoms with E-state index in [1.807, 2.05) is 0 Å². The Bertz CT molecular complexity index is 994. The summed E-state index contributed by atoms with van der Waals surface area (Å²) in [4.78, 5) is 12.2. The van der Waals surface area contributed by atoms with Gasteiger partial charge in [0.15, 0.2) is 5.82 Å². The van der Waals surface area contributed by atoms with E-state index in [0.29, 0.717) is 6.07 Å². The molecule has 10 heteroatoms. The van der Waals surface area contributed by atoms with Crippen LogP contribution in [0.25, 0.3) is 11.4 Å². The van der Waals surface area contributed by atoms with Crippen LogP contribution in [-0.2, 0) is 4.79 Å². The molecule has 3 rings (SSSR count). The van der Waals surface area contributed by atoms with Crippen LogP contribution in [0.2, 0.25) is 0 Å². The SMILES string of the molecule is CC(Sc1nnc(-c2ccccc2F)n1N)C(=O)Nc1ccc(F)cc1F. The first kappa shape index (κ1) is 18.8. The fourth-order valence-corrected chi connectivity index (χ4v) is 2.99. The smallest absolute Gasteiger partial charge is 0.237 e. The molecule has 3 N–H and O–H groups in total. The van der Waals surface area contributed by atoms with Crippen molar-refractivity contribution in [1.29, 1.82) is 0 Å². The lowest BCUT2D eigenvalue weighted by molar-refractivity contribution is -0.115. The minimum atomic E-state index is -0.885. The Morgan fingerprint density at radius 1 is 1.15 bits per heavy atom. The van der Waals surface area contributed by atoms with Gasteiger partial charge in [-0.15, -0.1) is 10.2 Å². The van der Waals surface area contributed by atoms with Gasteiger partial charge >= 0.3 is 0 Å². The summed E-state index contributed by atoms with van der Waals surface area (Å²) in [7, 11) is 0. The quantitative estimate of drug-likeness (QED) is 0.514. The van der Waals surface area contributed by atoms with E-state index in [-0.39, 0.29) is 22.2 Å². The van der Waals surface area contributed by atoms with Gasteiger partial charge in [-0.2, -0.15) is 0 Å². The van der Waals surface area contributed by atoms with Crippen LogP contribution < -0.4 is 11.2 Å². The molecule has 0 spiro atoms. The molecule has 0 fully saturated rings. The lowest BCUT2D eigenvalue weighted by atomic mass is 10.2. The molecule has 1 aromatic heterocycles. The summed E-state index contributed by atoms with van der Waals surface area (Å²) < 4.78 is 41.6. The standard InChI is InChI=1S/C17H14F3N5OS/c1-9(16(26)22-14-7-6-10(18)8-13(14)20)27-17-24-23-15(25(17)21)11-4-2-3-5-12(11)19/h2-9H,21H2,1H3,(H,22,26). The highest BCUT2D eigenvalue weighted by Gasteiger charge is 2.21. The number of hydrogen-bond donors (Lipinski definition) is 2.